The average Bonchev–Trinajstić information content (AvgIpc) is 2.98. The van der Waals surface area contributed by atoms with Crippen molar-refractivity contribution >= 4 is 0 Å². The summed E-state index contributed by atoms with van der Waals surface area (Å²) in [6, 6.07) is 9.01. The SMILES string of the molecule is CC(N)C1(c2ccccc2CN(C)C)CC1. The zero-order valence-corrected chi connectivity index (χ0v) is 10.5. The molecule has 0 bridgehead atoms. The molecule has 0 radical (unpaired) electrons. The Balaban J connectivity index is 2.33. The molecule has 1 aromatic rings. The van der Waals surface area contributed by atoms with Crippen LogP contribution in [-0.2, 0) is 12.0 Å². The van der Waals surface area contributed by atoms with Crippen LogP contribution in [0.3, 0.4) is 0 Å². The first-order valence-corrected chi connectivity index (χ1v) is 6.05. The first-order valence-electron chi connectivity index (χ1n) is 6.05. The van der Waals surface area contributed by atoms with E-state index in [1.54, 1.807) is 0 Å². The Morgan fingerprint density at radius 1 is 1.31 bits per heavy atom. The lowest BCUT2D eigenvalue weighted by molar-refractivity contribution is 0.397. The summed E-state index contributed by atoms with van der Waals surface area (Å²) in [7, 11) is 4.23. The van der Waals surface area contributed by atoms with Gasteiger partial charge in [0.25, 0.3) is 0 Å². The molecule has 16 heavy (non-hydrogen) atoms. The minimum Gasteiger partial charge on any atom is -0.327 e. The fourth-order valence-corrected chi connectivity index (χ4v) is 2.59. The van der Waals surface area contributed by atoms with Gasteiger partial charge in [0.05, 0.1) is 0 Å². The van der Waals surface area contributed by atoms with Crippen LogP contribution in [0.5, 0.6) is 0 Å². The molecule has 1 aliphatic rings. The molecule has 0 amide bonds. The monoisotopic (exact) mass is 218 g/mol. The van der Waals surface area contributed by atoms with Gasteiger partial charge in [-0.3, -0.25) is 0 Å². The fourth-order valence-electron chi connectivity index (χ4n) is 2.59. The molecule has 1 aliphatic carbocycles. The van der Waals surface area contributed by atoms with Gasteiger partial charge in [-0.2, -0.15) is 0 Å². The second kappa shape index (κ2) is 4.19. The highest BCUT2D eigenvalue weighted by Gasteiger charge is 2.48. The number of hydrogen-bond donors (Lipinski definition) is 1. The summed E-state index contributed by atoms with van der Waals surface area (Å²) in [6.07, 6.45) is 2.49. The van der Waals surface area contributed by atoms with E-state index in [0.29, 0.717) is 0 Å². The van der Waals surface area contributed by atoms with Gasteiger partial charge in [0.15, 0.2) is 0 Å². The lowest BCUT2D eigenvalue weighted by atomic mass is 9.86. The van der Waals surface area contributed by atoms with Crippen molar-refractivity contribution in [3.63, 3.8) is 0 Å². The van der Waals surface area contributed by atoms with Crippen LogP contribution in [-0.4, -0.2) is 25.0 Å². The molecule has 88 valence electrons. The molecule has 1 atom stereocenters. The average molecular weight is 218 g/mol. The third-order valence-corrected chi connectivity index (χ3v) is 3.70. The maximum atomic E-state index is 6.15. The van der Waals surface area contributed by atoms with Crippen LogP contribution in [0.1, 0.15) is 30.9 Å². The van der Waals surface area contributed by atoms with Crippen molar-refractivity contribution < 1.29 is 0 Å². The standard InChI is InChI=1S/C14H22N2/c1-11(15)14(8-9-14)13-7-5-4-6-12(13)10-16(2)3/h4-7,11H,8-10,15H2,1-3H3. The molecule has 1 saturated carbocycles. The summed E-state index contributed by atoms with van der Waals surface area (Å²) >= 11 is 0. The maximum absolute atomic E-state index is 6.15. The Morgan fingerprint density at radius 3 is 2.44 bits per heavy atom. The highest BCUT2D eigenvalue weighted by molar-refractivity contribution is 5.40. The summed E-state index contributed by atoms with van der Waals surface area (Å²) in [4.78, 5) is 2.22. The van der Waals surface area contributed by atoms with Crippen molar-refractivity contribution in [1.29, 1.82) is 0 Å². The van der Waals surface area contributed by atoms with Gasteiger partial charge in [-0.15, -0.1) is 0 Å². The van der Waals surface area contributed by atoms with E-state index in [4.69, 9.17) is 5.73 Å². The van der Waals surface area contributed by atoms with Gasteiger partial charge in [0, 0.05) is 18.0 Å². The molecule has 2 N–H and O–H groups in total. The van der Waals surface area contributed by atoms with Crippen LogP contribution in [0.15, 0.2) is 24.3 Å². The normalized spacial score (nSPS) is 19.8. The summed E-state index contributed by atoms with van der Waals surface area (Å²) in [5.74, 6) is 0. The van der Waals surface area contributed by atoms with Crippen LogP contribution in [0, 0.1) is 0 Å². The van der Waals surface area contributed by atoms with Crippen molar-refractivity contribution in [2.24, 2.45) is 5.73 Å². The van der Waals surface area contributed by atoms with Crippen LogP contribution in [0.2, 0.25) is 0 Å². The Labute approximate surface area is 98.4 Å². The second-order valence-corrected chi connectivity index (χ2v) is 5.34. The van der Waals surface area contributed by atoms with Crippen LogP contribution >= 0.6 is 0 Å². The Hall–Kier alpha value is -0.860. The van der Waals surface area contributed by atoms with Gasteiger partial charge < -0.3 is 10.6 Å². The van der Waals surface area contributed by atoms with Crippen molar-refractivity contribution in [3.05, 3.63) is 35.4 Å². The number of nitrogens with two attached hydrogens (primary N) is 1. The quantitative estimate of drug-likeness (QED) is 0.839. The first kappa shape index (κ1) is 11.6. The van der Waals surface area contributed by atoms with E-state index >= 15 is 0 Å². The number of rotatable bonds is 4. The summed E-state index contributed by atoms with van der Waals surface area (Å²) < 4.78 is 0. The van der Waals surface area contributed by atoms with Gasteiger partial charge in [0.2, 0.25) is 0 Å². The largest absolute Gasteiger partial charge is 0.327 e. The number of nitrogens with zero attached hydrogens (tertiary/aromatic N) is 1. The second-order valence-electron chi connectivity index (χ2n) is 5.34. The molecule has 2 heteroatoms. The lowest BCUT2D eigenvalue weighted by Gasteiger charge is -2.24. The molecule has 2 nitrogen and oxygen atoms in total. The van der Waals surface area contributed by atoms with Crippen molar-refractivity contribution in [1.82, 2.24) is 4.90 Å². The minimum atomic E-state index is 0.260. The number of benzene rings is 1. The van der Waals surface area contributed by atoms with E-state index < -0.39 is 0 Å². The van der Waals surface area contributed by atoms with Crippen LogP contribution in [0.4, 0.5) is 0 Å². The van der Waals surface area contributed by atoms with Gasteiger partial charge in [-0.1, -0.05) is 24.3 Å². The molecular weight excluding hydrogens is 196 g/mol. The Morgan fingerprint density at radius 2 is 1.94 bits per heavy atom. The van der Waals surface area contributed by atoms with E-state index in [0.717, 1.165) is 6.54 Å². The van der Waals surface area contributed by atoms with E-state index in [1.807, 2.05) is 0 Å². The summed E-state index contributed by atoms with van der Waals surface area (Å²) in [6.45, 7) is 3.14. The molecule has 1 unspecified atom stereocenters. The predicted octanol–water partition coefficient (Wildman–Crippen LogP) is 2.13. The van der Waals surface area contributed by atoms with Gasteiger partial charge >= 0.3 is 0 Å². The Bertz CT molecular complexity index is 365. The van der Waals surface area contributed by atoms with Gasteiger partial charge in [-0.05, 0) is 45.0 Å². The van der Waals surface area contributed by atoms with E-state index in [9.17, 15) is 0 Å². The van der Waals surface area contributed by atoms with Crippen LogP contribution in [0.25, 0.3) is 0 Å². The van der Waals surface area contributed by atoms with Gasteiger partial charge in [-0.25, -0.2) is 0 Å². The molecule has 0 spiro atoms. The summed E-state index contributed by atoms with van der Waals surface area (Å²) in [5, 5.41) is 0. The third-order valence-electron chi connectivity index (χ3n) is 3.70. The molecule has 0 heterocycles. The zero-order chi connectivity index (χ0) is 11.8. The highest BCUT2D eigenvalue weighted by Crippen LogP contribution is 2.51. The number of hydrogen-bond acceptors (Lipinski definition) is 2. The third kappa shape index (κ3) is 2.00. The van der Waals surface area contributed by atoms with Crippen molar-refractivity contribution in [2.45, 2.75) is 37.8 Å². The summed E-state index contributed by atoms with van der Waals surface area (Å²) in [5.41, 5.74) is 9.32. The van der Waals surface area contributed by atoms with Gasteiger partial charge in [0.1, 0.15) is 0 Å². The minimum absolute atomic E-state index is 0.260. The van der Waals surface area contributed by atoms with E-state index in [-0.39, 0.29) is 11.5 Å². The lowest BCUT2D eigenvalue weighted by Crippen LogP contribution is -2.32. The molecule has 0 saturated heterocycles. The zero-order valence-electron chi connectivity index (χ0n) is 10.5. The smallest absolute Gasteiger partial charge is 0.0230 e. The van der Waals surface area contributed by atoms with Crippen LogP contribution < -0.4 is 5.73 Å². The van der Waals surface area contributed by atoms with E-state index in [2.05, 4.69) is 50.2 Å². The topological polar surface area (TPSA) is 29.3 Å². The first-order chi connectivity index (χ1) is 7.56. The Kier molecular flexibility index (Phi) is 3.04. The molecule has 1 aromatic carbocycles. The molecular formula is C14H22N2. The van der Waals surface area contributed by atoms with Crippen molar-refractivity contribution in [3.8, 4) is 0 Å². The molecule has 1 fully saturated rings. The molecule has 2 rings (SSSR count). The maximum Gasteiger partial charge on any atom is 0.0230 e. The molecule has 0 aliphatic heterocycles. The van der Waals surface area contributed by atoms with Crippen molar-refractivity contribution in [2.75, 3.05) is 14.1 Å². The highest BCUT2D eigenvalue weighted by atomic mass is 15.0. The fraction of sp³-hybridized carbons (Fsp3) is 0.571. The molecule has 0 aromatic heterocycles. The predicted molar refractivity (Wildman–Crippen MR) is 68.4 cm³/mol. The van der Waals surface area contributed by atoms with E-state index in [1.165, 1.54) is 24.0 Å².